The molecule has 0 aromatic heterocycles. The zero-order valence-corrected chi connectivity index (χ0v) is 12.9. The van der Waals surface area contributed by atoms with Crippen LogP contribution in [0.3, 0.4) is 0 Å². The Bertz CT molecular complexity index is 484. The molecular formula is C16H24FN3O. The Morgan fingerprint density at radius 2 is 2.00 bits per heavy atom. The minimum Gasteiger partial charge on any atom is -0.366 e. The summed E-state index contributed by atoms with van der Waals surface area (Å²) in [5.41, 5.74) is 1.60. The van der Waals surface area contributed by atoms with Crippen LogP contribution in [0.2, 0.25) is 0 Å². The first-order valence-electron chi connectivity index (χ1n) is 7.61. The second kappa shape index (κ2) is 7.41. The Balaban J connectivity index is 1.96. The third kappa shape index (κ3) is 4.17. The zero-order valence-electron chi connectivity index (χ0n) is 12.9. The van der Waals surface area contributed by atoms with Gasteiger partial charge in [-0.15, -0.1) is 0 Å². The Kier molecular flexibility index (Phi) is 5.56. The molecule has 5 heteroatoms. The van der Waals surface area contributed by atoms with E-state index in [0.717, 1.165) is 18.5 Å². The van der Waals surface area contributed by atoms with Crippen LogP contribution in [0.4, 0.5) is 10.1 Å². The number of hydrogen-bond donors (Lipinski definition) is 1. The lowest BCUT2D eigenvalue weighted by Gasteiger charge is -2.35. The van der Waals surface area contributed by atoms with Gasteiger partial charge in [-0.2, -0.15) is 0 Å². The van der Waals surface area contributed by atoms with Crippen LogP contribution in [-0.4, -0.2) is 43.5 Å². The highest BCUT2D eigenvalue weighted by atomic mass is 19.1. The van der Waals surface area contributed by atoms with Crippen molar-refractivity contribution >= 4 is 11.6 Å². The van der Waals surface area contributed by atoms with E-state index >= 15 is 0 Å². The van der Waals surface area contributed by atoms with Gasteiger partial charge in [0.15, 0.2) is 0 Å². The number of carbonyl (C=O) groups excluding carboxylic acids is 1. The van der Waals surface area contributed by atoms with E-state index in [0.29, 0.717) is 38.4 Å². The second-order valence-corrected chi connectivity index (χ2v) is 5.46. The number of halogens is 1. The molecule has 1 N–H and O–H groups in total. The lowest BCUT2D eigenvalue weighted by Crippen LogP contribution is -2.48. The number of piperazine rings is 1. The topological polar surface area (TPSA) is 35.6 Å². The summed E-state index contributed by atoms with van der Waals surface area (Å²) in [6.45, 7) is 8.02. The number of carbonyl (C=O) groups is 1. The maximum Gasteiger partial charge on any atom is 0.219 e. The molecule has 1 heterocycles. The fourth-order valence-corrected chi connectivity index (χ4v) is 2.59. The predicted molar refractivity (Wildman–Crippen MR) is 82.9 cm³/mol. The molecule has 0 spiro atoms. The molecule has 0 bridgehead atoms. The molecular weight excluding hydrogens is 269 g/mol. The van der Waals surface area contributed by atoms with Gasteiger partial charge >= 0.3 is 0 Å². The van der Waals surface area contributed by atoms with Crippen molar-refractivity contribution in [2.45, 2.75) is 26.8 Å². The number of nitrogens with zero attached hydrogens (tertiary/aromatic N) is 2. The van der Waals surface area contributed by atoms with E-state index in [2.05, 4.69) is 12.2 Å². The van der Waals surface area contributed by atoms with Crippen molar-refractivity contribution in [2.24, 2.45) is 0 Å². The van der Waals surface area contributed by atoms with Gasteiger partial charge < -0.3 is 15.1 Å². The summed E-state index contributed by atoms with van der Waals surface area (Å²) in [7, 11) is 0. The molecule has 1 aromatic rings. The van der Waals surface area contributed by atoms with E-state index in [1.807, 2.05) is 17.0 Å². The van der Waals surface area contributed by atoms with E-state index in [9.17, 15) is 9.18 Å². The maximum absolute atomic E-state index is 14.2. The van der Waals surface area contributed by atoms with Gasteiger partial charge in [-0.25, -0.2) is 4.39 Å². The van der Waals surface area contributed by atoms with Crippen LogP contribution in [0.5, 0.6) is 0 Å². The highest BCUT2D eigenvalue weighted by Crippen LogP contribution is 2.22. The number of nitrogens with one attached hydrogen (secondary N) is 1. The zero-order chi connectivity index (χ0) is 15.2. The lowest BCUT2D eigenvalue weighted by atomic mass is 10.1. The first kappa shape index (κ1) is 15.8. The summed E-state index contributed by atoms with van der Waals surface area (Å²) in [5, 5.41) is 3.27. The van der Waals surface area contributed by atoms with Gasteiger partial charge in [0.25, 0.3) is 0 Å². The molecule has 0 radical (unpaired) electrons. The van der Waals surface area contributed by atoms with Crippen LogP contribution in [0, 0.1) is 5.82 Å². The molecule has 0 aliphatic carbocycles. The summed E-state index contributed by atoms with van der Waals surface area (Å²) in [4.78, 5) is 15.1. The maximum atomic E-state index is 14.2. The van der Waals surface area contributed by atoms with Crippen LogP contribution in [0.1, 0.15) is 25.8 Å². The monoisotopic (exact) mass is 293 g/mol. The number of amides is 1. The standard InChI is InChI=1S/C16H24FN3O/c1-3-6-18-12-14-4-5-16(15(17)11-14)20-9-7-19(8-10-20)13(2)21/h4-5,11,18H,3,6-10,12H2,1-2H3. The Morgan fingerprint density at radius 3 is 2.57 bits per heavy atom. The van der Waals surface area contributed by atoms with Gasteiger partial charge in [0.05, 0.1) is 5.69 Å². The molecule has 1 amide bonds. The molecule has 0 saturated carbocycles. The average Bonchev–Trinajstić information content (AvgIpc) is 2.48. The van der Waals surface area contributed by atoms with E-state index in [1.165, 1.54) is 0 Å². The molecule has 0 atom stereocenters. The summed E-state index contributed by atoms with van der Waals surface area (Å²) < 4.78 is 14.2. The van der Waals surface area contributed by atoms with Gasteiger partial charge in [0.1, 0.15) is 5.82 Å². The van der Waals surface area contributed by atoms with Gasteiger partial charge in [-0.3, -0.25) is 4.79 Å². The molecule has 0 unspecified atom stereocenters. The van der Waals surface area contributed by atoms with Crippen LogP contribution >= 0.6 is 0 Å². The minimum atomic E-state index is -0.179. The van der Waals surface area contributed by atoms with Crippen molar-refractivity contribution < 1.29 is 9.18 Å². The van der Waals surface area contributed by atoms with Crippen LogP contribution in [-0.2, 0) is 11.3 Å². The first-order chi connectivity index (χ1) is 10.1. The van der Waals surface area contributed by atoms with Crippen LogP contribution < -0.4 is 10.2 Å². The lowest BCUT2D eigenvalue weighted by molar-refractivity contribution is -0.129. The van der Waals surface area contributed by atoms with Crippen molar-refractivity contribution in [3.8, 4) is 0 Å². The number of rotatable bonds is 5. The summed E-state index contributed by atoms with van der Waals surface area (Å²) >= 11 is 0. The molecule has 1 aliphatic heterocycles. The van der Waals surface area contributed by atoms with Crippen molar-refractivity contribution in [1.82, 2.24) is 10.2 Å². The highest BCUT2D eigenvalue weighted by Gasteiger charge is 2.20. The van der Waals surface area contributed by atoms with Gasteiger partial charge in [0, 0.05) is 39.6 Å². The molecule has 1 saturated heterocycles. The molecule has 4 nitrogen and oxygen atoms in total. The fraction of sp³-hybridized carbons (Fsp3) is 0.562. The number of anilines is 1. The number of benzene rings is 1. The van der Waals surface area contributed by atoms with E-state index in [1.54, 1.807) is 17.9 Å². The Morgan fingerprint density at radius 1 is 1.29 bits per heavy atom. The summed E-state index contributed by atoms with van der Waals surface area (Å²) in [6.07, 6.45) is 1.07. The predicted octanol–water partition coefficient (Wildman–Crippen LogP) is 1.99. The summed E-state index contributed by atoms with van der Waals surface area (Å²) in [5.74, 6) is -0.0884. The molecule has 2 rings (SSSR count). The third-order valence-electron chi connectivity index (χ3n) is 3.83. The smallest absolute Gasteiger partial charge is 0.219 e. The first-order valence-corrected chi connectivity index (χ1v) is 7.61. The van der Waals surface area contributed by atoms with E-state index in [-0.39, 0.29) is 11.7 Å². The van der Waals surface area contributed by atoms with E-state index < -0.39 is 0 Å². The Labute approximate surface area is 125 Å². The summed E-state index contributed by atoms with van der Waals surface area (Å²) in [6, 6.07) is 5.43. The largest absolute Gasteiger partial charge is 0.366 e. The second-order valence-electron chi connectivity index (χ2n) is 5.46. The van der Waals surface area contributed by atoms with Crippen LogP contribution in [0.25, 0.3) is 0 Å². The van der Waals surface area contributed by atoms with Gasteiger partial charge in [-0.05, 0) is 30.7 Å². The normalized spacial score (nSPS) is 15.4. The molecule has 1 aliphatic rings. The van der Waals surface area contributed by atoms with Gasteiger partial charge in [-0.1, -0.05) is 13.0 Å². The molecule has 1 aromatic carbocycles. The van der Waals surface area contributed by atoms with Crippen molar-refractivity contribution in [1.29, 1.82) is 0 Å². The SMILES string of the molecule is CCCNCc1ccc(N2CCN(C(C)=O)CC2)c(F)c1. The fourth-order valence-electron chi connectivity index (χ4n) is 2.59. The average molecular weight is 293 g/mol. The Hall–Kier alpha value is -1.62. The molecule has 116 valence electrons. The minimum absolute atomic E-state index is 0.0902. The highest BCUT2D eigenvalue weighted by molar-refractivity contribution is 5.73. The van der Waals surface area contributed by atoms with Crippen molar-refractivity contribution in [3.05, 3.63) is 29.6 Å². The molecule has 1 fully saturated rings. The van der Waals surface area contributed by atoms with E-state index in [4.69, 9.17) is 0 Å². The van der Waals surface area contributed by atoms with Crippen LogP contribution in [0.15, 0.2) is 18.2 Å². The van der Waals surface area contributed by atoms with Gasteiger partial charge in [0.2, 0.25) is 5.91 Å². The number of hydrogen-bond acceptors (Lipinski definition) is 3. The quantitative estimate of drug-likeness (QED) is 0.843. The van der Waals surface area contributed by atoms with Crippen molar-refractivity contribution in [3.63, 3.8) is 0 Å². The third-order valence-corrected chi connectivity index (χ3v) is 3.83. The van der Waals surface area contributed by atoms with Crippen molar-refractivity contribution in [2.75, 3.05) is 37.6 Å². The molecule has 21 heavy (non-hydrogen) atoms.